The molecule has 5 aromatic rings. The average Bonchev–Trinajstić information content (AvgIpc) is 3.51. The summed E-state index contributed by atoms with van der Waals surface area (Å²) >= 11 is 0. The molecule has 2 fully saturated rings. The number of benzene rings is 5. The van der Waals surface area contributed by atoms with E-state index in [4.69, 9.17) is 0 Å². The van der Waals surface area contributed by atoms with Crippen molar-refractivity contribution in [3.63, 3.8) is 0 Å². The highest BCUT2D eigenvalue weighted by atomic mass is 15.3. The fourth-order valence-electron chi connectivity index (χ4n) is 14.1. The third-order valence-corrected chi connectivity index (χ3v) is 17.4. The van der Waals surface area contributed by atoms with Crippen molar-refractivity contribution in [1.29, 1.82) is 0 Å². The van der Waals surface area contributed by atoms with Crippen LogP contribution in [-0.4, -0.2) is 17.8 Å². The van der Waals surface area contributed by atoms with Crippen LogP contribution in [0.25, 0.3) is 0 Å². The zero-order valence-electron chi connectivity index (χ0n) is 35.1. The fraction of sp³-hybridized carbons (Fsp3) is 0.423. The van der Waals surface area contributed by atoms with Gasteiger partial charge in [-0.15, -0.1) is 0 Å². The van der Waals surface area contributed by atoms with Crippen molar-refractivity contribution in [1.82, 2.24) is 0 Å². The van der Waals surface area contributed by atoms with E-state index in [1.165, 1.54) is 130 Å². The van der Waals surface area contributed by atoms with Crippen LogP contribution in [0.1, 0.15) is 132 Å². The summed E-state index contributed by atoms with van der Waals surface area (Å²) < 4.78 is 0. The second kappa shape index (κ2) is 10.3. The van der Waals surface area contributed by atoms with E-state index < -0.39 is 0 Å². The lowest BCUT2D eigenvalue weighted by molar-refractivity contribution is 0.194. The van der Waals surface area contributed by atoms with Gasteiger partial charge in [0.1, 0.15) is 0 Å². The van der Waals surface area contributed by atoms with Gasteiger partial charge in [0.2, 0.25) is 0 Å². The molecule has 2 saturated carbocycles. The number of aryl methyl sites for hydroxylation is 3. The van der Waals surface area contributed by atoms with E-state index in [0.717, 1.165) is 0 Å². The summed E-state index contributed by atoms with van der Waals surface area (Å²) in [6, 6.07) is 32.3. The normalized spacial score (nSPS) is 29.2. The van der Waals surface area contributed by atoms with Crippen molar-refractivity contribution in [3.05, 3.63) is 118 Å². The Morgan fingerprint density at radius 1 is 0.482 bits per heavy atom. The maximum absolute atomic E-state index is 2.93. The quantitative estimate of drug-likeness (QED) is 0.159. The molecule has 5 heterocycles. The smallest absolute Gasteiger partial charge is 0.252 e. The van der Waals surface area contributed by atoms with E-state index in [2.05, 4.69) is 156 Å². The second-order valence-corrected chi connectivity index (χ2v) is 20.6. The van der Waals surface area contributed by atoms with Gasteiger partial charge in [0.05, 0.1) is 28.1 Å². The Bertz CT molecular complexity index is 2550. The van der Waals surface area contributed by atoms with Crippen LogP contribution in [0.15, 0.2) is 78.9 Å². The highest BCUT2D eigenvalue weighted by Gasteiger charge is 2.65. The number of hydrogen-bond acceptors (Lipinski definition) is 3. The van der Waals surface area contributed by atoms with Gasteiger partial charge in [-0.25, -0.2) is 0 Å². The summed E-state index contributed by atoms with van der Waals surface area (Å²) in [6.07, 6.45) is 10.1. The summed E-state index contributed by atoms with van der Waals surface area (Å²) in [5.74, 6) is 0. The molecule has 0 spiro atoms. The van der Waals surface area contributed by atoms with Crippen LogP contribution in [0.2, 0.25) is 0 Å². The van der Waals surface area contributed by atoms with E-state index in [9.17, 15) is 0 Å². The first-order valence-electron chi connectivity index (χ1n) is 21.8. The van der Waals surface area contributed by atoms with Gasteiger partial charge in [-0.05, 0) is 123 Å². The van der Waals surface area contributed by atoms with E-state index in [-0.39, 0.29) is 34.0 Å². The molecule has 5 aromatic carbocycles. The lowest BCUT2D eigenvalue weighted by atomic mass is 9.33. The summed E-state index contributed by atoms with van der Waals surface area (Å²) in [7, 11) is 0. The predicted octanol–water partition coefficient (Wildman–Crippen LogP) is 11.3. The van der Waals surface area contributed by atoms with E-state index in [0.29, 0.717) is 0 Å². The molecular formula is C52H56BN3. The minimum atomic E-state index is -0.120. The third-order valence-electron chi connectivity index (χ3n) is 17.4. The Hall–Kier alpha value is -4.44. The Morgan fingerprint density at radius 3 is 1.59 bits per heavy atom. The zero-order valence-corrected chi connectivity index (χ0v) is 35.1. The van der Waals surface area contributed by atoms with Gasteiger partial charge in [0.25, 0.3) is 6.71 Å². The monoisotopic (exact) mass is 733 g/mol. The van der Waals surface area contributed by atoms with Crippen molar-refractivity contribution in [3.8, 4) is 0 Å². The Balaban J connectivity index is 1.23. The molecular weight excluding hydrogens is 677 g/mol. The van der Waals surface area contributed by atoms with Crippen LogP contribution < -0.4 is 31.1 Å². The molecule has 56 heavy (non-hydrogen) atoms. The number of nitrogens with zero attached hydrogens (tertiary/aromatic N) is 3. The van der Waals surface area contributed by atoms with Crippen molar-refractivity contribution < 1.29 is 0 Å². The molecule has 5 aliphatic heterocycles. The molecule has 4 atom stereocenters. The van der Waals surface area contributed by atoms with Gasteiger partial charge < -0.3 is 14.7 Å². The van der Waals surface area contributed by atoms with Crippen molar-refractivity contribution in [2.45, 2.75) is 141 Å². The van der Waals surface area contributed by atoms with Gasteiger partial charge >= 0.3 is 0 Å². The van der Waals surface area contributed by atoms with Gasteiger partial charge in [-0.1, -0.05) is 125 Å². The van der Waals surface area contributed by atoms with Gasteiger partial charge in [0, 0.05) is 39.0 Å². The lowest BCUT2D eigenvalue weighted by Gasteiger charge is -2.55. The first-order chi connectivity index (χ1) is 26.7. The number of rotatable bonds is 1. The number of fused-ring (bicyclic) bond motifs is 12. The van der Waals surface area contributed by atoms with E-state index >= 15 is 0 Å². The lowest BCUT2D eigenvalue weighted by Crippen LogP contribution is -2.66. The molecule has 282 valence electrons. The molecule has 0 aromatic heterocycles. The largest absolute Gasteiger partial charge is 0.335 e. The first kappa shape index (κ1) is 33.7. The summed E-state index contributed by atoms with van der Waals surface area (Å²) in [6.45, 7) is 22.4. The van der Waals surface area contributed by atoms with Crippen molar-refractivity contribution >= 4 is 62.9 Å². The summed E-state index contributed by atoms with van der Waals surface area (Å²) in [5, 5.41) is 0. The highest BCUT2D eigenvalue weighted by molar-refractivity contribution is 7.00. The third kappa shape index (κ3) is 3.63. The van der Waals surface area contributed by atoms with Crippen molar-refractivity contribution in [2.24, 2.45) is 0 Å². The van der Waals surface area contributed by atoms with Crippen LogP contribution in [0.3, 0.4) is 0 Å². The molecule has 0 amide bonds. The molecule has 2 aliphatic carbocycles. The van der Waals surface area contributed by atoms with Crippen molar-refractivity contribution in [2.75, 3.05) is 14.7 Å². The number of para-hydroxylation sites is 1. The molecule has 7 aliphatic rings. The second-order valence-electron chi connectivity index (χ2n) is 20.6. The summed E-state index contributed by atoms with van der Waals surface area (Å²) in [5.41, 5.74) is 24.5. The minimum absolute atomic E-state index is 0.0126. The molecule has 0 saturated heterocycles. The first-order valence-corrected chi connectivity index (χ1v) is 21.8. The van der Waals surface area contributed by atoms with E-state index in [1.807, 2.05) is 0 Å². The van der Waals surface area contributed by atoms with Crippen LogP contribution >= 0.6 is 0 Å². The summed E-state index contributed by atoms with van der Waals surface area (Å²) in [4.78, 5) is 8.52. The Morgan fingerprint density at radius 2 is 1.00 bits per heavy atom. The molecule has 3 nitrogen and oxygen atoms in total. The zero-order chi connectivity index (χ0) is 38.5. The van der Waals surface area contributed by atoms with Crippen LogP contribution in [-0.2, 0) is 16.2 Å². The maximum atomic E-state index is 2.93. The minimum Gasteiger partial charge on any atom is -0.335 e. The number of hydrogen-bond donors (Lipinski definition) is 0. The Kier molecular flexibility index (Phi) is 6.22. The van der Waals surface area contributed by atoms with Gasteiger partial charge in [-0.2, -0.15) is 0 Å². The topological polar surface area (TPSA) is 9.72 Å². The fourth-order valence-corrected chi connectivity index (χ4v) is 14.1. The predicted molar refractivity (Wildman–Crippen MR) is 238 cm³/mol. The Labute approximate surface area is 335 Å². The molecule has 4 heteroatoms. The number of anilines is 7. The van der Waals surface area contributed by atoms with Gasteiger partial charge in [0.15, 0.2) is 0 Å². The van der Waals surface area contributed by atoms with Crippen LogP contribution in [0, 0.1) is 20.8 Å². The molecule has 4 unspecified atom stereocenters. The van der Waals surface area contributed by atoms with Gasteiger partial charge in [-0.3, -0.25) is 0 Å². The highest BCUT2D eigenvalue weighted by Crippen LogP contribution is 2.66. The molecule has 0 N–H and O–H groups in total. The van der Waals surface area contributed by atoms with Crippen LogP contribution in [0.5, 0.6) is 0 Å². The molecule has 12 rings (SSSR count). The molecule has 0 radical (unpaired) electrons. The maximum Gasteiger partial charge on any atom is 0.252 e. The molecule has 0 bridgehead atoms. The van der Waals surface area contributed by atoms with E-state index in [1.54, 1.807) is 16.6 Å². The standard InChI is InChI=1S/C52H56BN3/c1-31-17-19-41-36(25-31)48(4,5)37-26-32(2)18-20-42(37)54(41)34-29-43-45-44(30-34)56-47-38(50(7)22-11-13-24-52(50,56)9)27-33(3)28-40(47)53(45)39-16-14-15-35-46(39)55(43)51(8)23-12-10-21-49(35,51)6/h14-20,25-30H,10-13,21-24H2,1-9H3. The van der Waals surface area contributed by atoms with Crippen LogP contribution in [0.4, 0.5) is 39.8 Å². The average molecular weight is 734 g/mol. The SMILES string of the molecule is Cc1ccc2c(c1)C(C)(C)c1cc(C)ccc1N2c1cc2c3c(c1)N1c4c(cc(C)cc4C4(C)CCCCC14C)B3c1cccc3c1N2C1(C)CCCCC31C.